The van der Waals surface area contributed by atoms with Gasteiger partial charge in [-0.05, 0) is 86.4 Å². The number of piperidine rings is 1. The molecule has 41 heavy (non-hydrogen) atoms. The molecule has 2 heterocycles. The highest BCUT2D eigenvalue weighted by molar-refractivity contribution is 5.92. The van der Waals surface area contributed by atoms with Crippen LogP contribution < -0.4 is 9.47 Å². The predicted octanol–water partition coefficient (Wildman–Crippen LogP) is 4.82. The van der Waals surface area contributed by atoms with Crippen molar-refractivity contribution in [1.82, 2.24) is 9.80 Å². The average Bonchev–Trinajstić information content (AvgIpc) is 3.70. The number of likely N-dealkylation sites (N-methyl/N-ethyl adjacent to an activating group) is 1. The van der Waals surface area contributed by atoms with Crippen LogP contribution in [-0.2, 0) is 22.8 Å². The SMILES string of the molecule is COc1ccc2c3c1O[C@H]1[C@@H](N(C)C(=O)C=Cc4cccc(C(F)(F)F)c4)CC[C@@]4(O)[C@@H](C2)N(CC2CC2)CC[C@]314. The Morgan fingerprint density at radius 3 is 2.76 bits per heavy atom. The molecule has 0 aromatic heterocycles. The van der Waals surface area contributed by atoms with Crippen LogP contribution in [0.5, 0.6) is 11.5 Å². The van der Waals surface area contributed by atoms with Crippen molar-refractivity contribution >= 4 is 12.0 Å². The third-order valence-electron chi connectivity index (χ3n) is 10.4. The van der Waals surface area contributed by atoms with Gasteiger partial charge < -0.3 is 19.5 Å². The first kappa shape index (κ1) is 26.8. The molecule has 5 aliphatic rings. The van der Waals surface area contributed by atoms with Crippen molar-refractivity contribution in [3.8, 4) is 11.5 Å². The minimum absolute atomic E-state index is 0.0162. The topological polar surface area (TPSA) is 62.2 Å². The third-order valence-corrected chi connectivity index (χ3v) is 10.4. The predicted molar refractivity (Wildman–Crippen MR) is 147 cm³/mol. The Kier molecular flexibility index (Phi) is 6.04. The van der Waals surface area contributed by atoms with Crippen LogP contribution in [0.15, 0.2) is 42.5 Å². The van der Waals surface area contributed by atoms with E-state index in [0.717, 1.165) is 43.6 Å². The first-order valence-corrected chi connectivity index (χ1v) is 14.5. The van der Waals surface area contributed by atoms with E-state index in [0.29, 0.717) is 35.8 Å². The normalized spacial score (nSPS) is 32.0. The fourth-order valence-corrected chi connectivity index (χ4v) is 8.27. The zero-order chi connectivity index (χ0) is 28.7. The average molecular weight is 569 g/mol. The highest BCUT2D eigenvalue weighted by atomic mass is 19.4. The summed E-state index contributed by atoms with van der Waals surface area (Å²) < 4.78 is 52.0. The van der Waals surface area contributed by atoms with Gasteiger partial charge in [0.2, 0.25) is 5.91 Å². The number of nitrogens with zero attached hydrogens (tertiary/aromatic N) is 2. The monoisotopic (exact) mass is 568 g/mol. The number of aliphatic hydroxyl groups is 1. The maximum Gasteiger partial charge on any atom is 0.416 e. The van der Waals surface area contributed by atoms with Gasteiger partial charge in [-0.1, -0.05) is 18.2 Å². The van der Waals surface area contributed by atoms with Crippen LogP contribution in [0.25, 0.3) is 6.08 Å². The Balaban J connectivity index is 1.22. The van der Waals surface area contributed by atoms with Crippen LogP contribution in [-0.4, -0.2) is 71.8 Å². The molecule has 218 valence electrons. The number of ether oxygens (including phenoxy) is 2. The number of carbonyl (C=O) groups is 1. The largest absolute Gasteiger partial charge is 0.493 e. The van der Waals surface area contributed by atoms with E-state index in [2.05, 4.69) is 11.0 Å². The standard InChI is InChI=1S/C32H35F3N2O4/c1-36(26(38)11-8-19-4-3-5-22(16-19)32(33,34)35)23-12-13-31(39)25-17-21-9-10-24(40-2)28-27(21)30(31,29(23)41-28)14-15-37(25)18-20-6-7-20/h3-5,8-11,16,20,23,25,29,39H,6-7,12-15,17-18H2,1-2H3/t23-,25+,29-,30-,31+/m0/s1. The molecule has 2 aromatic carbocycles. The highest BCUT2D eigenvalue weighted by Crippen LogP contribution is 2.66. The minimum atomic E-state index is -4.45. The lowest BCUT2D eigenvalue weighted by Crippen LogP contribution is -2.78. The molecule has 9 heteroatoms. The van der Waals surface area contributed by atoms with E-state index in [1.165, 1.54) is 36.6 Å². The molecule has 2 bridgehead atoms. The van der Waals surface area contributed by atoms with Crippen molar-refractivity contribution in [3.63, 3.8) is 0 Å². The van der Waals surface area contributed by atoms with Crippen LogP contribution >= 0.6 is 0 Å². The molecular weight excluding hydrogens is 533 g/mol. The summed E-state index contributed by atoms with van der Waals surface area (Å²) in [7, 11) is 3.33. The van der Waals surface area contributed by atoms with Crippen LogP contribution in [0.1, 0.15) is 54.4 Å². The Bertz CT molecular complexity index is 1420. The zero-order valence-corrected chi connectivity index (χ0v) is 23.3. The Morgan fingerprint density at radius 1 is 1.22 bits per heavy atom. The summed E-state index contributed by atoms with van der Waals surface area (Å²) in [4.78, 5) is 17.6. The summed E-state index contributed by atoms with van der Waals surface area (Å²) in [5, 5.41) is 12.7. The third kappa shape index (κ3) is 3.95. The number of halogens is 3. The van der Waals surface area contributed by atoms with Crippen LogP contribution in [0.2, 0.25) is 0 Å². The first-order chi connectivity index (χ1) is 19.6. The maximum atomic E-state index is 13.4. The van der Waals surface area contributed by atoms with Gasteiger partial charge in [0.25, 0.3) is 0 Å². The molecule has 3 aliphatic carbocycles. The summed E-state index contributed by atoms with van der Waals surface area (Å²) in [6.45, 7) is 1.87. The number of hydrogen-bond donors (Lipinski definition) is 1. The van der Waals surface area contributed by atoms with Crippen molar-refractivity contribution in [2.24, 2.45) is 5.92 Å². The lowest BCUT2D eigenvalue weighted by Gasteiger charge is -2.64. The molecule has 2 aliphatic heterocycles. The van der Waals surface area contributed by atoms with E-state index in [-0.39, 0.29) is 18.0 Å². The number of amides is 1. The van der Waals surface area contributed by atoms with Gasteiger partial charge in [0, 0.05) is 31.3 Å². The number of likely N-dealkylation sites (tertiary alicyclic amines) is 1. The molecule has 3 fully saturated rings. The molecule has 1 saturated heterocycles. The minimum Gasteiger partial charge on any atom is -0.493 e. The molecule has 7 rings (SSSR count). The van der Waals surface area contributed by atoms with Gasteiger partial charge in [-0.2, -0.15) is 13.2 Å². The van der Waals surface area contributed by atoms with E-state index in [1.54, 1.807) is 25.1 Å². The van der Waals surface area contributed by atoms with Crippen LogP contribution in [0.4, 0.5) is 13.2 Å². The summed E-state index contributed by atoms with van der Waals surface area (Å²) in [6.07, 6.45) is 2.90. The molecule has 6 nitrogen and oxygen atoms in total. The van der Waals surface area contributed by atoms with Crippen molar-refractivity contribution in [1.29, 1.82) is 0 Å². The molecule has 0 radical (unpaired) electrons. The van der Waals surface area contributed by atoms with Crippen molar-refractivity contribution in [2.45, 2.75) is 73.9 Å². The van der Waals surface area contributed by atoms with Crippen molar-refractivity contribution in [3.05, 3.63) is 64.7 Å². The molecule has 1 N–H and O–H groups in total. The van der Waals surface area contributed by atoms with Gasteiger partial charge in [0.05, 0.1) is 29.7 Å². The van der Waals surface area contributed by atoms with E-state index in [1.807, 2.05) is 6.07 Å². The fourth-order valence-electron chi connectivity index (χ4n) is 8.27. The van der Waals surface area contributed by atoms with Crippen LogP contribution in [0.3, 0.4) is 0 Å². The second kappa shape index (κ2) is 9.23. The van der Waals surface area contributed by atoms with Gasteiger partial charge >= 0.3 is 6.18 Å². The van der Waals surface area contributed by atoms with E-state index >= 15 is 0 Å². The molecular formula is C32H35F3N2O4. The lowest BCUT2D eigenvalue weighted by atomic mass is 9.48. The second-order valence-electron chi connectivity index (χ2n) is 12.5. The number of hydrogen-bond acceptors (Lipinski definition) is 5. The lowest BCUT2D eigenvalue weighted by molar-refractivity contribution is -0.200. The fraction of sp³-hybridized carbons (Fsp3) is 0.531. The Hall–Kier alpha value is -3.04. The number of rotatable bonds is 6. The Morgan fingerprint density at radius 2 is 2.02 bits per heavy atom. The quantitative estimate of drug-likeness (QED) is 0.507. The van der Waals surface area contributed by atoms with E-state index in [4.69, 9.17) is 9.47 Å². The molecule has 2 aromatic rings. The maximum absolute atomic E-state index is 13.4. The summed E-state index contributed by atoms with van der Waals surface area (Å²) in [5.41, 5.74) is 0.0959. The highest BCUT2D eigenvalue weighted by Gasteiger charge is 2.73. The van der Waals surface area contributed by atoms with Crippen LogP contribution in [0, 0.1) is 5.92 Å². The molecule has 5 atom stereocenters. The molecule has 1 spiro atoms. The Labute approximate surface area is 237 Å². The molecule has 2 saturated carbocycles. The van der Waals surface area contributed by atoms with E-state index < -0.39 is 28.9 Å². The molecule has 0 unspecified atom stereocenters. The van der Waals surface area contributed by atoms with Gasteiger partial charge in [0.15, 0.2) is 11.5 Å². The van der Waals surface area contributed by atoms with Gasteiger partial charge in [-0.15, -0.1) is 0 Å². The second-order valence-corrected chi connectivity index (χ2v) is 12.5. The van der Waals surface area contributed by atoms with Gasteiger partial charge in [-0.25, -0.2) is 0 Å². The van der Waals surface area contributed by atoms with Gasteiger partial charge in [-0.3, -0.25) is 9.69 Å². The number of alkyl halides is 3. The smallest absolute Gasteiger partial charge is 0.416 e. The zero-order valence-electron chi connectivity index (χ0n) is 23.3. The summed E-state index contributed by atoms with van der Waals surface area (Å²) in [6, 6.07) is 8.63. The van der Waals surface area contributed by atoms with Crippen molar-refractivity contribution < 1.29 is 32.5 Å². The van der Waals surface area contributed by atoms with Crippen molar-refractivity contribution in [2.75, 3.05) is 27.2 Å². The molecule has 1 amide bonds. The first-order valence-electron chi connectivity index (χ1n) is 14.5. The van der Waals surface area contributed by atoms with E-state index in [9.17, 15) is 23.1 Å². The number of methoxy groups -OCH3 is 1. The van der Waals surface area contributed by atoms with Gasteiger partial charge in [0.1, 0.15) is 6.10 Å². The number of benzene rings is 2. The number of carbonyl (C=O) groups excluding carboxylic acids is 1. The summed E-state index contributed by atoms with van der Waals surface area (Å²) >= 11 is 0. The summed E-state index contributed by atoms with van der Waals surface area (Å²) in [5.74, 6) is 1.69.